The van der Waals surface area contributed by atoms with E-state index in [-0.39, 0.29) is 0 Å². The highest BCUT2D eigenvalue weighted by Gasteiger charge is 2.01. The minimum atomic E-state index is -0.519. The fourth-order valence-corrected chi connectivity index (χ4v) is 1.31. The molecule has 2 unspecified atom stereocenters. The first-order valence-electron chi connectivity index (χ1n) is 1.34. The summed E-state index contributed by atoms with van der Waals surface area (Å²) in [4.78, 5) is 0. The molecule has 0 N–H and O–H groups in total. The van der Waals surface area contributed by atoms with Crippen LogP contribution in [-0.2, 0) is 4.74 Å². The molecule has 0 bridgehead atoms. The number of hydrogen-bond donors (Lipinski definition) is 0. The van der Waals surface area contributed by atoms with Crippen molar-refractivity contribution in [2.24, 2.45) is 0 Å². The van der Waals surface area contributed by atoms with Crippen molar-refractivity contribution in [2.75, 3.05) is 0 Å². The third kappa shape index (κ3) is 7.50. The lowest BCUT2D eigenvalue weighted by Gasteiger charge is -2.01. The zero-order chi connectivity index (χ0) is 5.86. The molecule has 0 saturated heterocycles. The van der Waals surface area contributed by atoms with Crippen LogP contribution in [0.1, 0.15) is 0 Å². The lowest BCUT2D eigenvalue weighted by atomic mass is 11.5. The van der Waals surface area contributed by atoms with Gasteiger partial charge in [-0.05, 0) is 31.9 Å². The number of hydrogen-bond acceptors (Lipinski definition) is 1. The van der Waals surface area contributed by atoms with Crippen LogP contribution in [0.15, 0.2) is 0 Å². The summed E-state index contributed by atoms with van der Waals surface area (Å²) in [6.07, 6.45) is 0. The zero-order valence-electron chi connectivity index (χ0n) is 3.07. The van der Waals surface area contributed by atoms with Crippen molar-refractivity contribution in [3.63, 3.8) is 0 Å². The molecule has 5 heteroatoms. The maximum Gasteiger partial charge on any atom is 0.189 e. The van der Waals surface area contributed by atoms with E-state index < -0.39 is 8.94 Å². The maximum atomic E-state index is 5.25. The summed E-state index contributed by atoms with van der Waals surface area (Å²) in [6.45, 7) is 0. The van der Waals surface area contributed by atoms with Crippen LogP contribution in [0.3, 0.4) is 0 Å². The van der Waals surface area contributed by atoms with E-state index in [4.69, 9.17) is 23.2 Å². The van der Waals surface area contributed by atoms with Crippen LogP contribution in [0.5, 0.6) is 0 Å². The Labute approximate surface area is 68.6 Å². The topological polar surface area (TPSA) is 9.23 Å². The Morgan fingerprint density at radius 3 is 1.43 bits per heavy atom. The second kappa shape index (κ2) is 4.39. The summed E-state index contributed by atoms with van der Waals surface area (Å²) in [5, 5.41) is 0. The first-order chi connectivity index (χ1) is 3.13. The van der Waals surface area contributed by atoms with E-state index in [1.807, 2.05) is 0 Å². The Morgan fingerprint density at radius 1 is 1.14 bits per heavy atom. The molecule has 2 atom stereocenters. The molecule has 0 aromatic carbocycles. The van der Waals surface area contributed by atoms with Gasteiger partial charge in [-0.3, -0.25) is 0 Å². The van der Waals surface area contributed by atoms with Crippen molar-refractivity contribution in [1.82, 2.24) is 0 Å². The average Bonchev–Trinajstić information content (AvgIpc) is 1.27. The predicted molar refractivity (Wildman–Crippen MR) is 38.2 cm³/mol. The van der Waals surface area contributed by atoms with Crippen molar-refractivity contribution < 1.29 is 4.74 Å². The van der Waals surface area contributed by atoms with Gasteiger partial charge in [0, 0.05) is 0 Å². The van der Waals surface area contributed by atoms with Crippen molar-refractivity contribution in [2.45, 2.75) is 8.94 Å². The molecule has 0 rings (SSSR count). The Hall–Kier alpha value is 1.50. The fourth-order valence-electron chi connectivity index (χ4n) is 0.0778. The molecule has 0 aromatic rings. The van der Waals surface area contributed by atoms with Gasteiger partial charge in [0.2, 0.25) is 0 Å². The fraction of sp³-hybridized carbons (Fsp3) is 1.00. The molecule has 0 radical (unpaired) electrons. The molecule has 7 heavy (non-hydrogen) atoms. The van der Waals surface area contributed by atoms with Crippen molar-refractivity contribution in [3.8, 4) is 0 Å². The molecular formula is C2H2Br2Cl2O. The number of ether oxygens (including phenoxy) is 1. The van der Waals surface area contributed by atoms with Crippen LogP contribution in [0.4, 0.5) is 0 Å². The van der Waals surface area contributed by atoms with Gasteiger partial charge in [-0.25, -0.2) is 0 Å². The van der Waals surface area contributed by atoms with Gasteiger partial charge in [0.1, 0.15) is 0 Å². The van der Waals surface area contributed by atoms with E-state index in [9.17, 15) is 0 Å². The van der Waals surface area contributed by atoms with Crippen molar-refractivity contribution in [3.05, 3.63) is 0 Å². The van der Waals surface area contributed by atoms with Crippen LogP contribution < -0.4 is 0 Å². The van der Waals surface area contributed by atoms with Gasteiger partial charge in [0.25, 0.3) is 0 Å². The molecule has 0 saturated carbocycles. The molecule has 1 nitrogen and oxygen atoms in total. The van der Waals surface area contributed by atoms with Gasteiger partial charge in [-0.15, -0.1) is 0 Å². The SMILES string of the molecule is ClC(Br)OC(Cl)Br. The molecule has 44 valence electrons. The van der Waals surface area contributed by atoms with Crippen molar-refractivity contribution >= 4 is 55.1 Å². The predicted octanol–water partition coefficient (Wildman–Crippen LogP) is 2.84. The van der Waals surface area contributed by atoms with Crippen LogP contribution >= 0.6 is 55.1 Å². The van der Waals surface area contributed by atoms with Gasteiger partial charge >= 0.3 is 0 Å². The molecule has 0 heterocycles. The molecule has 0 aliphatic heterocycles. The van der Waals surface area contributed by atoms with Gasteiger partial charge in [0.15, 0.2) is 8.94 Å². The third-order valence-corrected chi connectivity index (χ3v) is 0.843. The average molecular weight is 273 g/mol. The van der Waals surface area contributed by atoms with Crippen LogP contribution in [0, 0.1) is 0 Å². The van der Waals surface area contributed by atoms with Gasteiger partial charge in [-0.2, -0.15) is 0 Å². The Morgan fingerprint density at radius 2 is 1.43 bits per heavy atom. The van der Waals surface area contributed by atoms with E-state index in [0.717, 1.165) is 0 Å². The summed E-state index contributed by atoms with van der Waals surface area (Å²) in [5.74, 6) is 0. The minimum absolute atomic E-state index is 0.519. The summed E-state index contributed by atoms with van der Waals surface area (Å²) < 4.78 is 3.58. The normalized spacial score (nSPS) is 18.9. The third-order valence-electron chi connectivity index (χ3n) is 0.206. The highest BCUT2D eigenvalue weighted by molar-refractivity contribution is 9.10. The second-order valence-corrected chi connectivity index (χ2v) is 4.17. The standard InChI is InChI=1S/C2H2Br2Cl2O/c3-1(5)7-2(4)6/h1-2H. The van der Waals surface area contributed by atoms with E-state index >= 15 is 0 Å². The summed E-state index contributed by atoms with van der Waals surface area (Å²) in [6, 6.07) is 0. The molecule has 0 amide bonds. The smallest absolute Gasteiger partial charge is 0.189 e. The maximum absolute atomic E-state index is 5.25. The number of rotatable bonds is 2. The quantitative estimate of drug-likeness (QED) is 0.703. The lowest BCUT2D eigenvalue weighted by molar-refractivity contribution is 0.195. The van der Waals surface area contributed by atoms with Gasteiger partial charge in [-0.1, -0.05) is 23.2 Å². The molecule has 0 spiro atoms. The molecule has 0 aliphatic carbocycles. The van der Waals surface area contributed by atoms with E-state index in [0.29, 0.717) is 0 Å². The van der Waals surface area contributed by atoms with Gasteiger partial charge < -0.3 is 4.74 Å². The Kier molecular flexibility index (Phi) is 5.33. The molecular weight excluding hydrogens is 271 g/mol. The van der Waals surface area contributed by atoms with Crippen LogP contribution in [0.2, 0.25) is 0 Å². The second-order valence-electron chi connectivity index (χ2n) is 0.657. The summed E-state index contributed by atoms with van der Waals surface area (Å²) in [5.41, 5.74) is 0. The first kappa shape index (κ1) is 8.50. The van der Waals surface area contributed by atoms with E-state index in [2.05, 4.69) is 36.6 Å². The number of halogens is 4. The minimum Gasteiger partial charge on any atom is -0.323 e. The highest BCUT2D eigenvalue weighted by atomic mass is 79.9. The monoisotopic (exact) mass is 270 g/mol. The lowest BCUT2D eigenvalue weighted by Crippen LogP contribution is -1.98. The zero-order valence-corrected chi connectivity index (χ0v) is 7.76. The summed E-state index contributed by atoms with van der Waals surface area (Å²) in [7, 11) is 0. The number of alkyl halides is 4. The van der Waals surface area contributed by atoms with Gasteiger partial charge in [0.05, 0.1) is 0 Å². The Bertz CT molecular complexity index is 43.0. The largest absolute Gasteiger partial charge is 0.323 e. The summed E-state index contributed by atoms with van der Waals surface area (Å²) >= 11 is 16.3. The van der Waals surface area contributed by atoms with Crippen molar-refractivity contribution in [1.29, 1.82) is 0 Å². The van der Waals surface area contributed by atoms with Crippen LogP contribution in [0.25, 0.3) is 0 Å². The van der Waals surface area contributed by atoms with E-state index in [1.54, 1.807) is 0 Å². The van der Waals surface area contributed by atoms with Crippen LogP contribution in [-0.4, -0.2) is 8.94 Å². The van der Waals surface area contributed by atoms with E-state index in [1.165, 1.54) is 0 Å². The first-order valence-corrected chi connectivity index (χ1v) is 4.05. The highest BCUT2D eigenvalue weighted by Crippen LogP contribution is 2.15. The Balaban J connectivity index is 2.95. The molecule has 0 aromatic heterocycles. The molecule has 0 fully saturated rings. The molecule has 0 aliphatic rings.